The molecule has 0 spiro atoms. The molecule has 0 saturated heterocycles. The first kappa shape index (κ1) is 12.5. The van der Waals surface area contributed by atoms with Crippen LogP contribution in [0.2, 0.25) is 0 Å². The number of aromatic nitrogens is 1. The van der Waals surface area contributed by atoms with Gasteiger partial charge in [0.1, 0.15) is 0 Å². The van der Waals surface area contributed by atoms with E-state index in [9.17, 15) is 0 Å². The number of para-hydroxylation sites is 1. The van der Waals surface area contributed by atoms with Crippen LogP contribution in [0.4, 0.5) is 5.69 Å². The molecule has 3 rings (SSSR count). The maximum absolute atomic E-state index is 6.43. The van der Waals surface area contributed by atoms with Crippen molar-refractivity contribution >= 4 is 16.6 Å². The molecule has 0 fully saturated rings. The summed E-state index contributed by atoms with van der Waals surface area (Å²) in [5, 5.41) is 1.16. The van der Waals surface area contributed by atoms with Crippen LogP contribution < -0.4 is 5.73 Å². The second-order valence-corrected chi connectivity index (χ2v) is 5.57. The van der Waals surface area contributed by atoms with Crippen molar-refractivity contribution < 1.29 is 0 Å². The molecule has 1 aromatic heterocycles. The van der Waals surface area contributed by atoms with Gasteiger partial charge in [-0.15, -0.1) is 0 Å². The van der Waals surface area contributed by atoms with Crippen LogP contribution in [0, 0.1) is 0 Å². The molecule has 0 bridgehead atoms. The summed E-state index contributed by atoms with van der Waals surface area (Å²) in [6.45, 7) is 2.21. The van der Waals surface area contributed by atoms with E-state index < -0.39 is 0 Å². The fraction of sp³-hybridized carbons (Fsp3) is 0.471. The number of aryl methyl sites for hydroxylation is 2. The minimum Gasteiger partial charge on any atom is -0.398 e. The smallest absolute Gasteiger partial charge is 0.0758 e. The Kier molecular flexibility index (Phi) is 3.41. The van der Waals surface area contributed by atoms with E-state index in [1.807, 2.05) is 0 Å². The van der Waals surface area contributed by atoms with E-state index in [2.05, 4.69) is 25.1 Å². The van der Waals surface area contributed by atoms with E-state index in [1.165, 1.54) is 36.1 Å². The number of anilines is 1. The largest absolute Gasteiger partial charge is 0.398 e. The highest BCUT2D eigenvalue weighted by atomic mass is 14.7. The molecular formula is C17H22N2. The number of rotatable bonds is 2. The quantitative estimate of drug-likeness (QED) is 0.821. The number of nitrogens with zero attached hydrogens (tertiary/aromatic N) is 1. The number of hydrogen-bond donors (Lipinski definition) is 1. The van der Waals surface area contributed by atoms with Gasteiger partial charge in [0, 0.05) is 16.8 Å². The molecule has 0 amide bonds. The maximum atomic E-state index is 6.43. The lowest BCUT2D eigenvalue weighted by molar-refractivity contribution is 0.709. The molecule has 0 radical (unpaired) electrons. The summed E-state index contributed by atoms with van der Waals surface area (Å²) < 4.78 is 0. The normalized spacial score (nSPS) is 15.2. The van der Waals surface area contributed by atoms with E-state index >= 15 is 0 Å². The molecule has 1 aromatic carbocycles. The van der Waals surface area contributed by atoms with Crippen LogP contribution in [-0.2, 0) is 19.3 Å². The zero-order valence-electron chi connectivity index (χ0n) is 11.7. The van der Waals surface area contributed by atoms with Crippen molar-refractivity contribution in [2.45, 2.75) is 51.9 Å². The highest BCUT2D eigenvalue weighted by molar-refractivity contribution is 5.94. The minimum absolute atomic E-state index is 0.986. The molecule has 0 aliphatic heterocycles. The van der Waals surface area contributed by atoms with E-state index in [1.54, 1.807) is 0 Å². The highest BCUT2D eigenvalue weighted by Crippen LogP contribution is 2.32. The van der Waals surface area contributed by atoms with Gasteiger partial charge in [-0.2, -0.15) is 0 Å². The van der Waals surface area contributed by atoms with E-state index in [4.69, 9.17) is 10.7 Å². The second-order valence-electron chi connectivity index (χ2n) is 5.57. The van der Waals surface area contributed by atoms with Crippen LogP contribution in [0.5, 0.6) is 0 Å². The SMILES string of the molecule is CCCc1cccc2c(N)c3c(nc12)CCCCC3. The predicted octanol–water partition coefficient (Wildman–Crippen LogP) is 4.04. The third-order valence-corrected chi connectivity index (χ3v) is 4.19. The molecule has 2 nitrogen and oxygen atoms in total. The Hall–Kier alpha value is -1.57. The van der Waals surface area contributed by atoms with Crippen LogP contribution in [0.25, 0.3) is 10.9 Å². The van der Waals surface area contributed by atoms with Crippen LogP contribution in [-0.4, -0.2) is 4.98 Å². The summed E-state index contributed by atoms with van der Waals surface area (Å²) >= 11 is 0. The second kappa shape index (κ2) is 5.20. The lowest BCUT2D eigenvalue weighted by atomic mass is 9.99. The van der Waals surface area contributed by atoms with Gasteiger partial charge in [-0.25, -0.2) is 0 Å². The number of pyridine rings is 1. The van der Waals surface area contributed by atoms with Crippen LogP contribution in [0.15, 0.2) is 18.2 Å². The first-order chi connectivity index (χ1) is 9.31. The molecule has 0 unspecified atom stereocenters. The third kappa shape index (κ3) is 2.20. The molecule has 1 aliphatic rings. The van der Waals surface area contributed by atoms with Crippen molar-refractivity contribution in [2.75, 3.05) is 5.73 Å². The number of nitrogens with two attached hydrogens (primary N) is 1. The van der Waals surface area contributed by atoms with E-state index in [0.717, 1.165) is 42.3 Å². The average molecular weight is 254 g/mol. The average Bonchev–Trinajstić information content (AvgIpc) is 2.66. The third-order valence-electron chi connectivity index (χ3n) is 4.19. The fourth-order valence-electron chi connectivity index (χ4n) is 3.19. The number of benzene rings is 1. The van der Waals surface area contributed by atoms with Crippen molar-refractivity contribution in [2.24, 2.45) is 0 Å². The molecule has 0 saturated carbocycles. The number of nitrogen functional groups attached to an aromatic ring is 1. The molecular weight excluding hydrogens is 232 g/mol. The Balaban J connectivity index is 2.24. The van der Waals surface area contributed by atoms with Crippen molar-refractivity contribution in [3.8, 4) is 0 Å². The Morgan fingerprint density at radius 2 is 2.00 bits per heavy atom. The summed E-state index contributed by atoms with van der Waals surface area (Å²) in [6, 6.07) is 6.44. The van der Waals surface area contributed by atoms with Gasteiger partial charge >= 0.3 is 0 Å². The highest BCUT2D eigenvalue weighted by Gasteiger charge is 2.16. The molecule has 2 aromatic rings. The van der Waals surface area contributed by atoms with Crippen LogP contribution >= 0.6 is 0 Å². The summed E-state index contributed by atoms with van der Waals surface area (Å²) in [5.74, 6) is 0. The first-order valence-corrected chi connectivity index (χ1v) is 7.50. The summed E-state index contributed by atoms with van der Waals surface area (Å²) in [7, 11) is 0. The lowest BCUT2D eigenvalue weighted by Gasteiger charge is -2.14. The van der Waals surface area contributed by atoms with Gasteiger partial charge in [0.05, 0.1) is 5.52 Å². The zero-order valence-corrected chi connectivity index (χ0v) is 11.7. The van der Waals surface area contributed by atoms with Crippen molar-refractivity contribution in [1.29, 1.82) is 0 Å². The van der Waals surface area contributed by atoms with Gasteiger partial charge < -0.3 is 5.73 Å². The van der Waals surface area contributed by atoms with Crippen molar-refractivity contribution in [3.63, 3.8) is 0 Å². The monoisotopic (exact) mass is 254 g/mol. The maximum Gasteiger partial charge on any atom is 0.0758 e. The van der Waals surface area contributed by atoms with Crippen molar-refractivity contribution in [1.82, 2.24) is 4.98 Å². The summed E-state index contributed by atoms with van der Waals surface area (Å²) in [5.41, 5.74) is 12.5. The van der Waals surface area contributed by atoms with Gasteiger partial charge in [-0.3, -0.25) is 4.98 Å². The Morgan fingerprint density at radius 1 is 1.16 bits per heavy atom. The van der Waals surface area contributed by atoms with Gasteiger partial charge in [-0.1, -0.05) is 38.0 Å². The lowest BCUT2D eigenvalue weighted by Crippen LogP contribution is -2.04. The summed E-state index contributed by atoms with van der Waals surface area (Å²) in [6.07, 6.45) is 8.23. The summed E-state index contributed by atoms with van der Waals surface area (Å²) in [4.78, 5) is 4.98. The van der Waals surface area contributed by atoms with E-state index in [-0.39, 0.29) is 0 Å². The van der Waals surface area contributed by atoms with Gasteiger partial charge in [-0.05, 0) is 43.2 Å². The molecule has 1 aliphatic carbocycles. The predicted molar refractivity (Wildman–Crippen MR) is 81.4 cm³/mol. The van der Waals surface area contributed by atoms with Gasteiger partial charge in [0.25, 0.3) is 0 Å². The van der Waals surface area contributed by atoms with Crippen LogP contribution in [0.1, 0.15) is 49.4 Å². The number of fused-ring (bicyclic) bond motifs is 2. The Morgan fingerprint density at radius 3 is 2.84 bits per heavy atom. The molecule has 2 N–H and O–H groups in total. The molecule has 0 atom stereocenters. The first-order valence-electron chi connectivity index (χ1n) is 7.50. The Bertz CT molecular complexity index is 602. The molecule has 100 valence electrons. The number of hydrogen-bond acceptors (Lipinski definition) is 2. The van der Waals surface area contributed by atoms with Gasteiger partial charge in [0.2, 0.25) is 0 Å². The standard InChI is InChI=1S/C17H22N2/c1-2-7-12-8-6-10-14-16(18)13-9-4-3-5-11-15(13)19-17(12)14/h6,8,10H,2-5,7,9,11H2,1H3,(H2,18,19). The fourth-order valence-corrected chi connectivity index (χ4v) is 3.19. The minimum atomic E-state index is 0.986. The molecule has 2 heteroatoms. The molecule has 1 heterocycles. The Labute approximate surface area is 115 Å². The van der Waals surface area contributed by atoms with Gasteiger partial charge in [0.15, 0.2) is 0 Å². The van der Waals surface area contributed by atoms with Crippen LogP contribution in [0.3, 0.4) is 0 Å². The van der Waals surface area contributed by atoms with Crippen molar-refractivity contribution in [3.05, 3.63) is 35.0 Å². The molecule has 19 heavy (non-hydrogen) atoms. The topological polar surface area (TPSA) is 38.9 Å². The zero-order chi connectivity index (χ0) is 13.2. The van der Waals surface area contributed by atoms with E-state index in [0.29, 0.717) is 0 Å².